The molecular formula is C12H18OS. The van der Waals surface area contributed by atoms with Crippen molar-refractivity contribution in [3.8, 4) is 0 Å². The molecule has 1 nitrogen and oxygen atoms in total. The van der Waals surface area contributed by atoms with Crippen LogP contribution in [0.5, 0.6) is 0 Å². The van der Waals surface area contributed by atoms with Gasteiger partial charge >= 0.3 is 0 Å². The van der Waals surface area contributed by atoms with Gasteiger partial charge in [0, 0.05) is 9.64 Å². The van der Waals surface area contributed by atoms with Crippen LogP contribution in [0.15, 0.2) is 23.1 Å². The molecule has 0 bridgehead atoms. The third-order valence-corrected chi connectivity index (χ3v) is 3.13. The average Bonchev–Trinajstić information content (AvgIpc) is 2.06. The molecule has 14 heavy (non-hydrogen) atoms. The minimum atomic E-state index is 0.126. The first kappa shape index (κ1) is 11.6. The summed E-state index contributed by atoms with van der Waals surface area (Å²) in [7, 11) is 0. The van der Waals surface area contributed by atoms with Gasteiger partial charge in [-0.3, -0.25) is 0 Å². The Labute approximate surface area is 90.5 Å². The molecule has 0 unspecified atom stereocenters. The van der Waals surface area contributed by atoms with E-state index in [1.807, 2.05) is 23.9 Å². The van der Waals surface area contributed by atoms with Crippen molar-refractivity contribution in [2.24, 2.45) is 0 Å². The number of rotatable bonds is 2. The van der Waals surface area contributed by atoms with Crippen molar-refractivity contribution < 1.29 is 5.11 Å². The highest BCUT2D eigenvalue weighted by Gasteiger charge is 2.13. The zero-order chi connectivity index (χ0) is 10.8. The van der Waals surface area contributed by atoms with Crippen molar-refractivity contribution in [1.29, 1.82) is 0 Å². The second-order valence-corrected chi connectivity index (χ2v) is 6.34. The molecule has 78 valence electrons. The molecule has 2 heteroatoms. The first-order valence-electron chi connectivity index (χ1n) is 4.82. The zero-order valence-corrected chi connectivity index (χ0v) is 10.1. The van der Waals surface area contributed by atoms with Crippen molar-refractivity contribution in [1.82, 2.24) is 0 Å². The monoisotopic (exact) mass is 210 g/mol. The minimum absolute atomic E-state index is 0.126. The van der Waals surface area contributed by atoms with Gasteiger partial charge in [0.2, 0.25) is 0 Å². The van der Waals surface area contributed by atoms with Crippen LogP contribution in [0.4, 0.5) is 0 Å². The van der Waals surface area contributed by atoms with E-state index in [-0.39, 0.29) is 11.4 Å². The highest BCUT2D eigenvalue weighted by atomic mass is 32.2. The predicted molar refractivity (Wildman–Crippen MR) is 62.7 cm³/mol. The first-order valence-corrected chi connectivity index (χ1v) is 5.63. The highest BCUT2D eigenvalue weighted by Crippen LogP contribution is 2.34. The van der Waals surface area contributed by atoms with Crippen LogP contribution < -0.4 is 0 Å². The molecule has 0 spiro atoms. The first-order chi connectivity index (χ1) is 6.42. The third kappa shape index (κ3) is 3.35. The Bertz CT molecular complexity index is 313. The fourth-order valence-corrected chi connectivity index (χ4v) is 2.27. The van der Waals surface area contributed by atoms with Gasteiger partial charge in [0.05, 0.1) is 6.61 Å². The summed E-state index contributed by atoms with van der Waals surface area (Å²) in [4.78, 5) is 1.30. The van der Waals surface area contributed by atoms with E-state index in [0.717, 1.165) is 5.56 Å². The molecule has 1 rings (SSSR count). The van der Waals surface area contributed by atoms with Gasteiger partial charge in [0.1, 0.15) is 0 Å². The lowest BCUT2D eigenvalue weighted by Gasteiger charge is -2.19. The quantitative estimate of drug-likeness (QED) is 0.755. The van der Waals surface area contributed by atoms with Crippen LogP contribution in [-0.4, -0.2) is 9.85 Å². The Morgan fingerprint density at radius 2 is 1.93 bits per heavy atom. The number of hydrogen-bond acceptors (Lipinski definition) is 2. The Morgan fingerprint density at radius 1 is 1.29 bits per heavy atom. The molecule has 1 aromatic rings. The van der Waals surface area contributed by atoms with E-state index >= 15 is 0 Å². The summed E-state index contributed by atoms with van der Waals surface area (Å²) >= 11 is 1.86. The van der Waals surface area contributed by atoms with Crippen LogP contribution in [0.25, 0.3) is 0 Å². The molecule has 1 N–H and O–H groups in total. The van der Waals surface area contributed by atoms with Gasteiger partial charge in [-0.05, 0) is 24.1 Å². The van der Waals surface area contributed by atoms with Gasteiger partial charge in [0.25, 0.3) is 0 Å². The van der Waals surface area contributed by atoms with Crippen molar-refractivity contribution in [2.75, 3.05) is 0 Å². The summed E-state index contributed by atoms with van der Waals surface area (Å²) in [5.41, 5.74) is 2.23. The maximum Gasteiger partial charge on any atom is 0.0681 e. The van der Waals surface area contributed by atoms with Crippen LogP contribution in [-0.2, 0) is 6.61 Å². The lowest BCUT2D eigenvalue weighted by molar-refractivity contribution is 0.281. The summed E-state index contributed by atoms with van der Waals surface area (Å²) in [6.07, 6.45) is 0. The van der Waals surface area contributed by atoms with Crippen LogP contribution in [0.1, 0.15) is 31.9 Å². The maximum atomic E-state index is 8.98. The second-order valence-electron chi connectivity index (χ2n) is 4.47. The number of aryl methyl sites for hydroxylation is 1. The van der Waals surface area contributed by atoms with E-state index in [1.165, 1.54) is 10.5 Å². The molecule has 0 fully saturated rings. The van der Waals surface area contributed by atoms with E-state index < -0.39 is 0 Å². The number of benzene rings is 1. The number of aliphatic hydroxyl groups is 1. The predicted octanol–water partition coefficient (Wildman–Crippen LogP) is 3.38. The standard InChI is InChI=1S/C12H18OS/c1-9-7-10(8-13)5-6-11(9)14-12(2,3)4/h5-7,13H,8H2,1-4H3. The van der Waals surface area contributed by atoms with Crippen LogP contribution in [0, 0.1) is 6.92 Å². The van der Waals surface area contributed by atoms with Gasteiger partial charge in [-0.2, -0.15) is 0 Å². The Kier molecular flexibility index (Phi) is 3.62. The number of hydrogen-bond donors (Lipinski definition) is 1. The minimum Gasteiger partial charge on any atom is -0.392 e. The van der Waals surface area contributed by atoms with Crippen molar-refractivity contribution in [3.05, 3.63) is 29.3 Å². The topological polar surface area (TPSA) is 20.2 Å². The van der Waals surface area contributed by atoms with Crippen molar-refractivity contribution in [2.45, 2.75) is 43.9 Å². The van der Waals surface area contributed by atoms with E-state index in [1.54, 1.807) is 0 Å². The van der Waals surface area contributed by atoms with Crippen LogP contribution >= 0.6 is 11.8 Å². The maximum absolute atomic E-state index is 8.98. The molecule has 0 aromatic heterocycles. The van der Waals surface area contributed by atoms with Gasteiger partial charge in [-0.1, -0.05) is 32.9 Å². The summed E-state index contributed by atoms with van der Waals surface area (Å²) in [5.74, 6) is 0. The van der Waals surface area contributed by atoms with E-state index in [2.05, 4.69) is 33.8 Å². The molecule has 1 aromatic carbocycles. The van der Waals surface area contributed by atoms with E-state index in [0.29, 0.717) is 0 Å². The number of thioether (sulfide) groups is 1. The zero-order valence-electron chi connectivity index (χ0n) is 9.29. The normalized spacial score (nSPS) is 11.8. The molecule has 0 radical (unpaired) electrons. The fraction of sp³-hybridized carbons (Fsp3) is 0.500. The summed E-state index contributed by atoms with van der Waals surface area (Å²) in [6.45, 7) is 8.83. The molecule has 0 aliphatic carbocycles. The molecule has 0 saturated heterocycles. The lowest BCUT2D eigenvalue weighted by atomic mass is 10.1. The van der Waals surface area contributed by atoms with Gasteiger partial charge in [0.15, 0.2) is 0 Å². The Morgan fingerprint density at radius 3 is 2.36 bits per heavy atom. The fourth-order valence-electron chi connectivity index (χ4n) is 1.25. The van der Waals surface area contributed by atoms with Crippen molar-refractivity contribution >= 4 is 11.8 Å². The largest absolute Gasteiger partial charge is 0.392 e. The molecule has 0 saturated carbocycles. The van der Waals surface area contributed by atoms with Gasteiger partial charge in [-0.25, -0.2) is 0 Å². The molecule has 0 atom stereocenters. The highest BCUT2D eigenvalue weighted by molar-refractivity contribution is 8.00. The SMILES string of the molecule is Cc1cc(CO)ccc1SC(C)(C)C. The van der Waals surface area contributed by atoms with Crippen LogP contribution in [0.3, 0.4) is 0 Å². The van der Waals surface area contributed by atoms with E-state index in [4.69, 9.17) is 5.11 Å². The smallest absolute Gasteiger partial charge is 0.0681 e. The van der Waals surface area contributed by atoms with Crippen molar-refractivity contribution in [3.63, 3.8) is 0 Å². The third-order valence-electron chi connectivity index (χ3n) is 1.84. The summed E-state index contributed by atoms with van der Waals surface area (Å²) in [6, 6.07) is 6.13. The molecule has 0 aliphatic heterocycles. The van der Waals surface area contributed by atoms with Gasteiger partial charge < -0.3 is 5.11 Å². The van der Waals surface area contributed by atoms with Gasteiger partial charge in [-0.15, -0.1) is 11.8 Å². The summed E-state index contributed by atoms with van der Waals surface area (Å²) < 4.78 is 0.242. The summed E-state index contributed by atoms with van der Waals surface area (Å²) in [5, 5.41) is 8.98. The Balaban J connectivity index is 2.89. The molecule has 0 heterocycles. The molecule has 0 amide bonds. The Hall–Kier alpha value is -0.470. The van der Waals surface area contributed by atoms with Crippen LogP contribution in [0.2, 0.25) is 0 Å². The molecule has 0 aliphatic rings. The van der Waals surface area contributed by atoms with E-state index in [9.17, 15) is 0 Å². The second kappa shape index (κ2) is 4.37. The average molecular weight is 210 g/mol. The lowest BCUT2D eigenvalue weighted by Crippen LogP contribution is -2.07. The number of aliphatic hydroxyl groups excluding tert-OH is 1. The molecular weight excluding hydrogens is 192 g/mol.